The average Bonchev–Trinajstić information content (AvgIpc) is 2.53. The first-order valence-corrected chi connectivity index (χ1v) is 7.00. The molecule has 0 bridgehead atoms. The topological polar surface area (TPSA) is 70.6 Å². The molecular weight excluding hydrogens is 321 g/mol. The van der Waals surface area contributed by atoms with Crippen LogP contribution in [0.2, 0.25) is 5.02 Å². The molecule has 2 aromatic carbocycles. The van der Waals surface area contributed by atoms with Gasteiger partial charge in [-0.05, 0) is 42.3 Å². The van der Waals surface area contributed by atoms with Crippen LogP contribution in [0.25, 0.3) is 0 Å². The van der Waals surface area contributed by atoms with Crippen LogP contribution >= 0.6 is 11.6 Å². The quantitative estimate of drug-likeness (QED) is 0.515. The molecule has 0 heterocycles. The Morgan fingerprint density at radius 2 is 1.83 bits per heavy atom. The molecule has 0 aliphatic heterocycles. The lowest BCUT2D eigenvalue weighted by molar-refractivity contribution is -0.136. The summed E-state index contributed by atoms with van der Waals surface area (Å²) < 4.78 is 12.7. The molecule has 0 fully saturated rings. The summed E-state index contributed by atoms with van der Waals surface area (Å²) in [6.07, 6.45) is 1.30. The molecule has 5 nitrogen and oxygen atoms in total. The highest BCUT2D eigenvalue weighted by atomic mass is 35.5. The number of anilines is 1. The number of hydrazone groups is 1. The van der Waals surface area contributed by atoms with Crippen molar-refractivity contribution in [2.75, 3.05) is 5.32 Å². The van der Waals surface area contributed by atoms with Gasteiger partial charge in [-0.25, -0.2) is 9.82 Å². The Morgan fingerprint density at radius 3 is 2.52 bits per heavy atom. The van der Waals surface area contributed by atoms with E-state index in [1.807, 2.05) is 0 Å². The van der Waals surface area contributed by atoms with Gasteiger partial charge in [-0.3, -0.25) is 9.59 Å². The van der Waals surface area contributed by atoms with Gasteiger partial charge in [-0.15, -0.1) is 0 Å². The van der Waals surface area contributed by atoms with Gasteiger partial charge < -0.3 is 5.32 Å². The lowest BCUT2D eigenvalue weighted by Crippen LogP contribution is -2.32. The molecule has 0 aromatic heterocycles. The van der Waals surface area contributed by atoms with E-state index in [0.717, 1.165) is 0 Å². The number of carbonyl (C=O) groups is 2. The van der Waals surface area contributed by atoms with Crippen molar-refractivity contribution in [2.45, 2.75) is 6.92 Å². The Kier molecular flexibility index (Phi) is 5.43. The van der Waals surface area contributed by atoms with Gasteiger partial charge in [-0.2, -0.15) is 5.10 Å². The van der Waals surface area contributed by atoms with Crippen LogP contribution in [0.15, 0.2) is 47.6 Å². The average molecular weight is 334 g/mol. The Labute approximate surface area is 137 Å². The van der Waals surface area contributed by atoms with E-state index in [4.69, 9.17) is 11.6 Å². The van der Waals surface area contributed by atoms with Crippen molar-refractivity contribution in [2.24, 2.45) is 5.10 Å². The van der Waals surface area contributed by atoms with E-state index in [-0.39, 0.29) is 5.82 Å². The van der Waals surface area contributed by atoms with Crippen LogP contribution in [-0.4, -0.2) is 18.0 Å². The van der Waals surface area contributed by atoms with Crippen LogP contribution in [0, 0.1) is 12.7 Å². The van der Waals surface area contributed by atoms with Gasteiger partial charge in [0, 0.05) is 10.7 Å². The fourth-order valence-corrected chi connectivity index (χ4v) is 1.86. The first kappa shape index (κ1) is 16.6. The van der Waals surface area contributed by atoms with Crippen LogP contribution in [0.5, 0.6) is 0 Å². The zero-order valence-corrected chi connectivity index (χ0v) is 12.9. The number of halogens is 2. The van der Waals surface area contributed by atoms with Gasteiger partial charge in [0.2, 0.25) is 0 Å². The second-order valence-electron chi connectivity index (χ2n) is 4.62. The number of amides is 2. The summed E-state index contributed by atoms with van der Waals surface area (Å²) in [7, 11) is 0. The molecule has 0 atom stereocenters. The fraction of sp³-hybridized carbons (Fsp3) is 0.0625. The minimum Gasteiger partial charge on any atom is -0.317 e. The molecule has 23 heavy (non-hydrogen) atoms. The van der Waals surface area contributed by atoms with Gasteiger partial charge in [0.15, 0.2) is 0 Å². The normalized spacial score (nSPS) is 10.6. The maximum absolute atomic E-state index is 12.7. The Bertz CT molecular complexity index is 760. The molecule has 2 N–H and O–H groups in total. The van der Waals surface area contributed by atoms with E-state index in [1.165, 1.54) is 30.5 Å². The zero-order chi connectivity index (χ0) is 16.8. The predicted molar refractivity (Wildman–Crippen MR) is 87.0 cm³/mol. The van der Waals surface area contributed by atoms with Crippen LogP contribution in [-0.2, 0) is 9.59 Å². The molecule has 2 amide bonds. The van der Waals surface area contributed by atoms with Crippen molar-refractivity contribution in [3.63, 3.8) is 0 Å². The number of carbonyl (C=O) groups excluding carboxylic acids is 2. The highest BCUT2D eigenvalue weighted by Crippen LogP contribution is 2.22. The van der Waals surface area contributed by atoms with Gasteiger partial charge >= 0.3 is 11.8 Å². The second kappa shape index (κ2) is 7.51. The van der Waals surface area contributed by atoms with Gasteiger partial charge in [0.05, 0.1) is 6.21 Å². The maximum atomic E-state index is 12.7. The monoisotopic (exact) mass is 333 g/mol. The van der Waals surface area contributed by atoms with E-state index in [2.05, 4.69) is 15.8 Å². The number of nitrogens with zero attached hydrogens (tertiary/aromatic N) is 1. The molecule has 118 valence electrons. The molecule has 0 spiro atoms. The predicted octanol–water partition coefficient (Wildman–Crippen LogP) is 2.88. The van der Waals surface area contributed by atoms with Crippen LogP contribution in [0.4, 0.5) is 10.1 Å². The number of hydrogen-bond acceptors (Lipinski definition) is 3. The van der Waals surface area contributed by atoms with Crippen LogP contribution in [0.3, 0.4) is 0 Å². The number of benzene rings is 2. The smallest absolute Gasteiger partial charge is 0.317 e. The van der Waals surface area contributed by atoms with Gasteiger partial charge in [0.1, 0.15) is 5.82 Å². The van der Waals surface area contributed by atoms with Crippen molar-refractivity contribution in [3.05, 3.63) is 64.4 Å². The van der Waals surface area contributed by atoms with E-state index in [1.54, 1.807) is 25.1 Å². The standard InChI is InChI=1S/C16H13ClFN3O2/c1-10-13(17)3-2-4-14(10)20-15(22)16(23)21-19-9-11-5-7-12(18)8-6-11/h2-9H,1H3,(H,20,22)(H,21,23)/b19-9+. The van der Waals surface area contributed by atoms with Crippen LogP contribution < -0.4 is 10.7 Å². The SMILES string of the molecule is Cc1c(Cl)cccc1NC(=O)C(=O)N/N=C/c1ccc(F)cc1. The van der Waals surface area contributed by atoms with Crippen molar-refractivity contribution in [3.8, 4) is 0 Å². The summed E-state index contributed by atoms with van der Waals surface area (Å²) in [6, 6.07) is 10.5. The van der Waals surface area contributed by atoms with Crippen molar-refractivity contribution < 1.29 is 14.0 Å². The summed E-state index contributed by atoms with van der Waals surface area (Å²) in [5.41, 5.74) is 3.78. The molecule has 0 aliphatic rings. The highest BCUT2D eigenvalue weighted by Gasteiger charge is 2.14. The third kappa shape index (κ3) is 4.62. The summed E-state index contributed by atoms with van der Waals surface area (Å²) >= 11 is 5.94. The molecule has 0 radical (unpaired) electrons. The molecule has 0 saturated carbocycles. The minimum atomic E-state index is -0.928. The third-order valence-electron chi connectivity index (χ3n) is 2.97. The molecular formula is C16H13ClFN3O2. The number of hydrogen-bond donors (Lipinski definition) is 2. The largest absolute Gasteiger partial charge is 0.329 e. The van der Waals surface area contributed by atoms with E-state index in [0.29, 0.717) is 21.8 Å². The fourth-order valence-electron chi connectivity index (χ4n) is 1.69. The molecule has 7 heteroatoms. The Balaban J connectivity index is 1.94. The Morgan fingerprint density at radius 1 is 1.13 bits per heavy atom. The first-order valence-electron chi connectivity index (χ1n) is 6.62. The van der Waals surface area contributed by atoms with E-state index in [9.17, 15) is 14.0 Å². The van der Waals surface area contributed by atoms with Gasteiger partial charge in [0.25, 0.3) is 0 Å². The third-order valence-corrected chi connectivity index (χ3v) is 3.38. The Hall–Kier alpha value is -2.73. The minimum absolute atomic E-state index is 0.373. The second-order valence-corrected chi connectivity index (χ2v) is 5.02. The summed E-state index contributed by atoms with van der Waals surface area (Å²) in [5, 5.41) is 6.57. The van der Waals surface area contributed by atoms with E-state index >= 15 is 0 Å². The van der Waals surface area contributed by atoms with Gasteiger partial charge in [-0.1, -0.05) is 29.8 Å². The zero-order valence-electron chi connectivity index (χ0n) is 12.1. The van der Waals surface area contributed by atoms with E-state index < -0.39 is 11.8 Å². The number of nitrogens with one attached hydrogen (secondary N) is 2. The van der Waals surface area contributed by atoms with Crippen molar-refractivity contribution in [1.29, 1.82) is 0 Å². The summed E-state index contributed by atoms with van der Waals surface area (Å²) in [5.74, 6) is -2.17. The number of rotatable bonds is 3. The molecule has 2 rings (SSSR count). The van der Waals surface area contributed by atoms with Crippen LogP contribution in [0.1, 0.15) is 11.1 Å². The highest BCUT2D eigenvalue weighted by molar-refractivity contribution is 6.40. The molecule has 0 unspecified atom stereocenters. The molecule has 0 aliphatic carbocycles. The lowest BCUT2D eigenvalue weighted by Gasteiger charge is -2.08. The maximum Gasteiger partial charge on any atom is 0.329 e. The van der Waals surface area contributed by atoms with Crippen molar-refractivity contribution in [1.82, 2.24) is 5.43 Å². The first-order chi connectivity index (χ1) is 11.0. The molecule has 0 saturated heterocycles. The van der Waals surface area contributed by atoms with Crippen molar-refractivity contribution >= 4 is 35.3 Å². The lowest BCUT2D eigenvalue weighted by atomic mass is 10.2. The molecule has 2 aromatic rings. The summed E-state index contributed by atoms with van der Waals surface area (Å²) in [4.78, 5) is 23.4. The summed E-state index contributed by atoms with van der Waals surface area (Å²) in [6.45, 7) is 1.72.